The lowest BCUT2D eigenvalue weighted by atomic mass is 9.76. The van der Waals surface area contributed by atoms with E-state index in [1.54, 1.807) is 11.6 Å². The quantitative estimate of drug-likeness (QED) is 0.770. The van der Waals surface area contributed by atoms with Gasteiger partial charge in [0.15, 0.2) is 0 Å². The minimum absolute atomic E-state index is 0.0647. The zero-order chi connectivity index (χ0) is 15.5. The molecule has 2 heterocycles. The van der Waals surface area contributed by atoms with E-state index in [1.807, 2.05) is 18.2 Å². The monoisotopic (exact) mass is 318 g/mol. The third kappa shape index (κ3) is 3.26. The lowest BCUT2D eigenvalue weighted by Crippen LogP contribution is -2.48. The molecule has 4 N–H and O–H groups in total. The van der Waals surface area contributed by atoms with Gasteiger partial charge in [-0.1, -0.05) is 6.07 Å². The lowest BCUT2D eigenvalue weighted by Gasteiger charge is -2.38. The molecule has 0 aromatic carbocycles. The van der Waals surface area contributed by atoms with Gasteiger partial charge in [-0.2, -0.15) is 4.37 Å². The normalized spacial score (nSPS) is 21.9. The summed E-state index contributed by atoms with van der Waals surface area (Å²) in [4.78, 5) is 16.7. The number of carbonyl (C=O) groups excluding carboxylic acids is 1. The number of nitrogens with one attached hydrogen (secondary N) is 1. The van der Waals surface area contributed by atoms with Crippen molar-refractivity contribution in [2.45, 2.75) is 31.4 Å². The third-order valence-electron chi connectivity index (χ3n) is 4.03. The smallest absolute Gasteiger partial charge is 0.256 e. The highest BCUT2D eigenvalue weighted by atomic mass is 32.1. The Bertz CT molecular complexity index is 640. The third-order valence-corrected chi connectivity index (χ3v) is 4.68. The van der Waals surface area contributed by atoms with Gasteiger partial charge >= 0.3 is 0 Å². The highest BCUT2D eigenvalue weighted by Gasteiger charge is 2.35. The maximum Gasteiger partial charge on any atom is 0.256 e. The van der Waals surface area contributed by atoms with E-state index < -0.39 is 0 Å². The first-order valence-corrected chi connectivity index (χ1v) is 8.06. The van der Waals surface area contributed by atoms with Crippen molar-refractivity contribution in [2.75, 3.05) is 5.73 Å². The van der Waals surface area contributed by atoms with Crippen molar-refractivity contribution in [2.24, 2.45) is 5.92 Å². The summed E-state index contributed by atoms with van der Waals surface area (Å²) in [6.45, 7) is 0. The van der Waals surface area contributed by atoms with Crippen LogP contribution in [-0.4, -0.2) is 32.5 Å². The van der Waals surface area contributed by atoms with Crippen molar-refractivity contribution in [3.05, 3.63) is 41.0 Å². The molecular formula is C15H18N4O2S. The van der Waals surface area contributed by atoms with E-state index >= 15 is 0 Å². The molecule has 3 rings (SSSR count). The molecule has 6 nitrogen and oxygen atoms in total. The number of nitrogen functional groups attached to an aromatic ring is 1. The fourth-order valence-electron chi connectivity index (χ4n) is 2.70. The Morgan fingerprint density at radius 3 is 2.91 bits per heavy atom. The average Bonchev–Trinajstić information content (AvgIpc) is 2.91. The van der Waals surface area contributed by atoms with Crippen LogP contribution >= 0.6 is 11.5 Å². The molecule has 1 atom stereocenters. The molecule has 1 amide bonds. The summed E-state index contributed by atoms with van der Waals surface area (Å²) < 4.78 is 3.93. The second-order valence-electron chi connectivity index (χ2n) is 5.60. The molecule has 0 saturated heterocycles. The SMILES string of the molecule is Nc1nscc1C(=O)N[C@H](Cc1ccccn1)C1CC(O)C1. The molecule has 0 aliphatic heterocycles. The summed E-state index contributed by atoms with van der Waals surface area (Å²) in [6.07, 6.45) is 3.53. The number of rotatable bonds is 5. The molecular weight excluding hydrogens is 300 g/mol. The van der Waals surface area contributed by atoms with Crippen LogP contribution in [0.2, 0.25) is 0 Å². The van der Waals surface area contributed by atoms with Crippen molar-refractivity contribution in [1.82, 2.24) is 14.7 Å². The number of nitrogens with two attached hydrogens (primary N) is 1. The molecule has 0 unspecified atom stereocenters. The Balaban J connectivity index is 1.71. The van der Waals surface area contributed by atoms with Crippen LogP contribution in [-0.2, 0) is 6.42 Å². The molecule has 1 aliphatic carbocycles. The summed E-state index contributed by atoms with van der Waals surface area (Å²) >= 11 is 1.17. The summed E-state index contributed by atoms with van der Waals surface area (Å²) in [5.41, 5.74) is 7.04. The molecule has 1 aliphatic rings. The standard InChI is InChI=1S/C15H18N4O2S/c16-14-12(8-22-19-14)15(21)18-13(9-5-11(20)6-9)7-10-3-1-2-4-17-10/h1-4,8-9,11,13,20H,5-7H2,(H2,16,19)(H,18,21)/t9?,11?,13-/m1/s1. The number of hydrogen-bond acceptors (Lipinski definition) is 6. The molecule has 2 aromatic rings. The average molecular weight is 318 g/mol. The lowest BCUT2D eigenvalue weighted by molar-refractivity contribution is 0.0238. The Kier molecular flexibility index (Phi) is 4.35. The van der Waals surface area contributed by atoms with Gasteiger partial charge in [-0.25, -0.2) is 0 Å². The van der Waals surface area contributed by atoms with Crippen LogP contribution in [0.1, 0.15) is 28.9 Å². The second-order valence-corrected chi connectivity index (χ2v) is 6.23. The first kappa shape index (κ1) is 14.9. The molecule has 0 radical (unpaired) electrons. The maximum atomic E-state index is 12.3. The predicted octanol–water partition coefficient (Wildman–Crippen LogP) is 1.23. The van der Waals surface area contributed by atoms with Crippen LogP contribution in [0.4, 0.5) is 5.82 Å². The molecule has 0 bridgehead atoms. The zero-order valence-electron chi connectivity index (χ0n) is 12.0. The van der Waals surface area contributed by atoms with Gasteiger partial charge in [0.1, 0.15) is 5.82 Å². The van der Waals surface area contributed by atoms with Gasteiger partial charge in [-0.05, 0) is 42.4 Å². The number of amides is 1. The first-order chi connectivity index (χ1) is 10.6. The van der Waals surface area contributed by atoms with Crippen molar-refractivity contribution in [3.8, 4) is 0 Å². The van der Waals surface area contributed by atoms with E-state index in [0.29, 0.717) is 24.8 Å². The number of carbonyl (C=O) groups is 1. The number of aliphatic hydroxyl groups excluding tert-OH is 1. The van der Waals surface area contributed by atoms with E-state index in [-0.39, 0.29) is 29.8 Å². The zero-order valence-corrected chi connectivity index (χ0v) is 12.8. The van der Waals surface area contributed by atoms with Crippen LogP contribution in [0.3, 0.4) is 0 Å². The van der Waals surface area contributed by atoms with Crippen LogP contribution in [0.15, 0.2) is 29.8 Å². The van der Waals surface area contributed by atoms with Crippen molar-refractivity contribution >= 4 is 23.3 Å². The van der Waals surface area contributed by atoms with Gasteiger partial charge in [-0.15, -0.1) is 0 Å². The minimum atomic E-state index is -0.263. The Hall–Kier alpha value is -1.99. The van der Waals surface area contributed by atoms with Crippen LogP contribution in [0, 0.1) is 5.92 Å². The van der Waals surface area contributed by atoms with Gasteiger partial charge < -0.3 is 16.2 Å². The molecule has 2 aromatic heterocycles. The molecule has 0 spiro atoms. The number of aromatic nitrogens is 2. The Morgan fingerprint density at radius 1 is 1.50 bits per heavy atom. The van der Waals surface area contributed by atoms with Gasteiger partial charge in [0.2, 0.25) is 0 Å². The topological polar surface area (TPSA) is 101 Å². The summed E-state index contributed by atoms with van der Waals surface area (Å²) in [7, 11) is 0. The number of hydrogen-bond donors (Lipinski definition) is 3. The van der Waals surface area contributed by atoms with Crippen LogP contribution in [0.25, 0.3) is 0 Å². The number of anilines is 1. The fraction of sp³-hybridized carbons (Fsp3) is 0.400. The van der Waals surface area contributed by atoms with Crippen molar-refractivity contribution in [1.29, 1.82) is 0 Å². The Labute approximate surface area is 132 Å². The highest BCUT2D eigenvalue weighted by Crippen LogP contribution is 2.31. The molecule has 1 saturated carbocycles. The molecule has 116 valence electrons. The number of aliphatic hydroxyl groups is 1. The minimum Gasteiger partial charge on any atom is -0.393 e. The van der Waals surface area contributed by atoms with E-state index in [0.717, 1.165) is 5.69 Å². The Morgan fingerprint density at radius 2 is 2.32 bits per heavy atom. The van der Waals surface area contributed by atoms with Crippen LogP contribution in [0.5, 0.6) is 0 Å². The molecule has 22 heavy (non-hydrogen) atoms. The van der Waals surface area contributed by atoms with Gasteiger partial charge in [0.25, 0.3) is 5.91 Å². The highest BCUT2D eigenvalue weighted by molar-refractivity contribution is 7.04. The van der Waals surface area contributed by atoms with Gasteiger partial charge in [0.05, 0.1) is 11.7 Å². The van der Waals surface area contributed by atoms with E-state index in [9.17, 15) is 9.90 Å². The largest absolute Gasteiger partial charge is 0.393 e. The first-order valence-electron chi connectivity index (χ1n) is 7.22. The van der Waals surface area contributed by atoms with E-state index in [1.165, 1.54) is 11.5 Å². The van der Waals surface area contributed by atoms with E-state index in [4.69, 9.17) is 5.73 Å². The van der Waals surface area contributed by atoms with Crippen LogP contribution < -0.4 is 11.1 Å². The van der Waals surface area contributed by atoms with Gasteiger partial charge in [-0.3, -0.25) is 9.78 Å². The fourth-order valence-corrected chi connectivity index (χ4v) is 3.30. The van der Waals surface area contributed by atoms with Crippen molar-refractivity contribution in [3.63, 3.8) is 0 Å². The summed E-state index contributed by atoms with van der Waals surface area (Å²) in [5.74, 6) is 0.301. The predicted molar refractivity (Wildman–Crippen MR) is 84.5 cm³/mol. The van der Waals surface area contributed by atoms with Crippen molar-refractivity contribution < 1.29 is 9.90 Å². The van der Waals surface area contributed by atoms with Gasteiger partial charge in [0, 0.05) is 29.7 Å². The van der Waals surface area contributed by atoms with E-state index in [2.05, 4.69) is 14.7 Å². The second kappa shape index (κ2) is 6.41. The summed E-state index contributed by atoms with van der Waals surface area (Å²) in [5, 5.41) is 14.2. The molecule has 7 heteroatoms. The number of pyridine rings is 1. The maximum absolute atomic E-state index is 12.3. The molecule has 1 fully saturated rings. The number of nitrogens with zero attached hydrogens (tertiary/aromatic N) is 2. The summed E-state index contributed by atoms with van der Waals surface area (Å²) in [6, 6.07) is 5.67.